The third kappa shape index (κ3) is 3.61. The molecule has 0 aliphatic heterocycles. The zero-order chi connectivity index (χ0) is 19.5. The van der Waals surface area contributed by atoms with Crippen LogP contribution in [0.3, 0.4) is 0 Å². The number of thiophene rings is 1. The molecule has 7 heteroatoms. The molecule has 0 unspecified atom stereocenters. The summed E-state index contributed by atoms with van der Waals surface area (Å²) in [6.07, 6.45) is 0. The number of hydrogen-bond acceptors (Lipinski definition) is 5. The SMILES string of the molecule is CCN(CC)c1ccc(-n2nc3ccc(NC(=O)c4cccs4)cc3n2)cc1. The fraction of sp³-hybridized carbons (Fsp3) is 0.190. The monoisotopic (exact) mass is 391 g/mol. The molecular weight excluding hydrogens is 370 g/mol. The van der Waals surface area contributed by atoms with E-state index in [1.165, 1.54) is 17.0 Å². The molecule has 0 spiro atoms. The van der Waals surface area contributed by atoms with E-state index in [-0.39, 0.29) is 5.91 Å². The number of hydrogen-bond donors (Lipinski definition) is 1. The fourth-order valence-corrected chi connectivity index (χ4v) is 3.71. The summed E-state index contributed by atoms with van der Waals surface area (Å²) in [6, 6.07) is 17.4. The second-order valence-electron chi connectivity index (χ2n) is 6.31. The van der Waals surface area contributed by atoms with Gasteiger partial charge in [-0.25, -0.2) is 0 Å². The van der Waals surface area contributed by atoms with Gasteiger partial charge in [0.2, 0.25) is 0 Å². The largest absolute Gasteiger partial charge is 0.372 e. The van der Waals surface area contributed by atoms with Crippen molar-refractivity contribution in [3.05, 3.63) is 64.9 Å². The molecule has 1 N–H and O–H groups in total. The second kappa shape index (κ2) is 7.82. The van der Waals surface area contributed by atoms with Crippen LogP contribution in [-0.2, 0) is 0 Å². The molecule has 0 aliphatic rings. The van der Waals surface area contributed by atoms with Crippen LogP contribution in [0.5, 0.6) is 0 Å². The maximum Gasteiger partial charge on any atom is 0.265 e. The van der Waals surface area contributed by atoms with E-state index in [0.717, 1.165) is 29.8 Å². The minimum Gasteiger partial charge on any atom is -0.372 e. The number of benzene rings is 2. The molecule has 6 nitrogen and oxygen atoms in total. The van der Waals surface area contributed by atoms with E-state index in [1.54, 1.807) is 10.9 Å². The van der Waals surface area contributed by atoms with Crippen LogP contribution in [0.15, 0.2) is 60.0 Å². The zero-order valence-electron chi connectivity index (χ0n) is 15.8. The van der Waals surface area contributed by atoms with Crippen LogP contribution in [0.1, 0.15) is 23.5 Å². The molecule has 0 aliphatic carbocycles. The van der Waals surface area contributed by atoms with Crippen molar-refractivity contribution in [2.45, 2.75) is 13.8 Å². The van der Waals surface area contributed by atoms with Crippen LogP contribution in [0, 0.1) is 0 Å². The first-order chi connectivity index (χ1) is 13.7. The highest BCUT2D eigenvalue weighted by Crippen LogP contribution is 2.21. The van der Waals surface area contributed by atoms with Crippen LogP contribution in [0.25, 0.3) is 16.7 Å². The Morgan fingerprint density at radius 2 is 1.79 bits per heavy atom. The van der Waals surface area contributed by atoms with Crippen molar-refractivity contribution in [1.29, 1.82) is 0 Å². The zero-order valence-corrected chi connectivity index (χ0v) is 16.6. The normalized spacial score (nSPS) is 10.9. The number of anilines is 2. The average molecular weight is 392 g/mol. The van der Waals surface area contributed by atoms with Gasteiger partial charge in [0.25, 0.3) is 5.91 Å². The van der Waals surface area contributed by atoms with Crippen LogP contribution in [-0.4, -0.2) is 34.0 Å². The maximum atomic E-state index is 12.2. The van der Waals surface area contributed by atoms with Gasteiger partial charge >= 0.3 is 0 Å². The molecule has 28 heavy (non-hydrogen) atoms. The van der Waals surface area contributed by atoms with Crippen LogP contribution < -0.4 is 10.2 Å². The number of fused-ring (bicyclic) bond motifs is 1. The lowest BCUT2D eigenvalue weighted by Gasteiger charge is -2.20. The van der Waals surface area contributed by atoms with Crippen molar-refractivity contribution in [2.24, 2.45) is 0 Å². The van der Waals surface area contributed by atoms with Gasteiger partial charge in [0.15, 0.2) is 0 Å². The highest BCUT2D eigenvalue weighted by Gasteiger charge is 2.10. The summed E-state index contributed by atoms with van der Waals surface area (Å²) >= 11 is 1.41. The summed E-state index contributed by atoms with van der Waals surface area (Å²) in [5.74, 6) is -0.117. The van der Waals surface area contributed by atoms with E-state index >= 15 is 0 Å². The van der Waals surface area contributed by atoms with E-state index in [0.29, 0.717) is 10.6 Å². The molecular formula is C21H21N5OS. The third-order valence-electron chi connectivity index (χ3n) is 4.59. The molecule has 0 fully saturated rings. The first kappa shape index (κ1) is 18.2. The van der Waals surface area contributed by atoms with Crippen molar-refractivity contribution in [1.82, 2.24) is 15.0 Å². The molecule has 2 aromatic carbocycles. The predicted molar refractivity (Wildman–Crippen MR) is 115 cm³/mol. The quantitative estimate of drug-likeness (QED) is 0.522. The molecule has 4 aromatic rings. The van der Waals surface area contributed by atoms with Gasteiger partial charge in [0.05, 0.1) is 10.6 Å². The van der Waals surface area contributed by atoms with Crippen molar-refractivity contribution < 1.29 is 4.79 Å². The fourth-order valence-electron chi connectivity index (χ4n) is 3.09. The van der Waals surface area contributed by atoms with Crippen molar-refractivity contribution in [2.75, 3.05) is 23.3 Å². The lowest BCUT2D eigenvalue weighted by Crippen LogP contribution is -2.21. The van der Waals surface area contributed by atoms with Crippen LogP contribution >= 0.6 is 11.3 Å². The van der Waals surface area contributed by atoms with E-state index in [2.05, 4.69) is 46.4 Å². The number of aromatic nitrogens is 3. The smallest absolute Gasteiger partial charge is 0.265 e. The predicted octanol–water partition coefficient (Wildman–Crippen LogP) is 4.58. The Kier molecular flexibility index (Phi) is 5.08. The van der Waals surface area contributed by atoms with Gasteiger partial charge in [-0.15, -0.1) is 21.5 Å². The number of carbonyl (C=O) groups excluding carboxylic acids is 1. The van der Waals surface area contributed by atoms with E-state index in [4.69, 9.17) is 0 Å². The van der Waals surface area contributed by atoms with Crippen LogP contribution in [0.4, 0.5) is 11.4 Å². The van der Waals surface area contributed by atoms with Crippen molar-refractivity contribution in [3.63, 3.8) is 0 Å². The number of carbonyl (C=O) groups is 1. The summed E-state index contributed by atoms with van der Waals surface area (Å²) in [5.41, 5.74) is 4.30. The average Bonchev–Trinajstić information content (AvgIpc) is 3.39. The van der Waals surface area contributed by atoms with Gasteiger partial charge in [-0.1, -0.05) is 6.07 Å². The Balaban J connectivity index is 1.57. The molecule has 0 bridgehead atoms. The number of nitrogens with zero attached hydrogens (tertiary/aromatic N) is 4. The van der Waals surface area contributed by atoms with Crippen molar-refractivity contribution in [3.8, 4) is 5.69 Å². The minimum absolute atomic E-state index is 0.117. The first-order valence-electron chi connectivity index (χ1n) is 9.25. The molecule has 1 amide bonds. The lowest BCUT2D eigenvalue weighted by atomic mass is 10.2. The molecule has 2 aromatic heterocycles. The first-order valence-corrected chi connectivity index (χ1v) is 10.1. The minimum atomic E-state index is -0.117. The molecule has 2 heterocycles. The van der Waals surface area contributed by atoms with E-state index in [1.807, 2.05) is 41.8 Å². The Labute approximate surface area is 167 Å². The maximum absolute atomic E-state index is 12.2. The molecule has 4 rings (SSSR count). The van der Waals surface area contributed by atoms with E-state index in [9.17, 15) is 4.79 Å². The lowest BCUT2D eigenvalue weighted by molar-refractivity contribution is 0.103. The molecule has 142 valence electrons. The molecule has 0 saturated heterocycles. The topological polar surface area (TPSA) is 63.1 Å². The highest BCUT2D eigenvalue weighted by molar-refractivity contribution is 7.12. The second-order valence-corrected chi connectivity index (χ2v) is 7.26. The van der Waals surface area contributed by atoms with E-state index < -0.39 is 0 Å². The van der Waals surface area contributed by atoms with Crippen molar-refractivity contribution >= 4 is 39.7 Å². The standard InChI is InChI=1S/C21H21N5OS/c1-3-25(4-2)16-8-10-17(11-9-16)26-23-18-12-7-15(14-19(18)24-26)22-21(27)20-6-5-13-28-20/h5-14H,3-4H2,1-2H3,(H,22,27). The van der Waals surface area contributed by atoms with Gasteiger partial charge < -0.3 is 10.2 Å². The van der Waals surface area contributed by atoms with Gasteiger partial charge in [0, 0.05) is 24.5 Å². The Hall–Kier alpha value is -3.19. The van der Waals surface area contributed by atoms with Gasteiger partial charge in [-0.2, -0.15) is 4.80 Å². The van der Waals surface area contributed by atoms with Crippen LogP contribution in [0.2, 0.25) is 0 Å². The Morgan fingerprint density at radius 3 is 2.46 bits per heavy atom. The highest BCUT2D eigenvalue weighted by atomic mass is 32.1. The van der Waals surface area contributed by atoms with Gasteiger partial charge in [-0.3, -0.25) is 4.79 Å². The third-order valence-corrected chi connectivity index (χ3v) is 5.46. The summed E-state index contributed by atoms with van der Waals surface area (Å²) in [7, 11) is 0. The summed E-state index contributed by atoms with van der Waals surface area (Å²) in [4.78, 5) is 16.8. The summed E-state index contributed by atoms with van der Waals surface area (Å²) < 4.78 is 0. The molecule has 0 atom stereocenters. The summed E-state index contributed by atoms with van der Waals surface area (Å²) in [6.45, 7) is 6.24. The van der Waals surface area contributed by atoms with Gasteiger partial charge in [0.1, 0.15) is 11.0 Å². The van der Waals surface area contributed by atoms with Gasteiger partial charge in [-0.05, 0) is 67.8 Å². The molecule has 0 saturated carbocycles. The summed E-state index contributed by atoms with van der Waals surface area (Å²) in [5, 5.41) is 13.9. The Bertz CT molecular complexity index is 1080. The number of amides is 1. The molecule has 0 radical (unpaired) electrons. The number of rotatable bonds is 6. The Morgan fingerprint density at radius 1 is 1.04 bits per heavy atom. The number of nitrogens with one attached hydrogen (secondary N) is 1.